The van der Waals surface area contributed by atoms with Crippen molar-refractivity contribution in [2.75, 3.05) is 26.2 Å². The van der Waals surface area contributed by atoms with Crippen LogP contribution in [0.4, 0.5) is 0 Å². The Bertz CT molecular complexity index is 882. The van der Waals surface area contributed by atoms with Crippen LogP contribution in [0.15, 0.2) is 45.9 Å². The molecule has 6 nitrogen and oxygen atoms in total. The summed E-state index contributed by atoms with van der Waals surface area (Å²) in [6.45, 7) is 1.32. The monoisotopic (exact) mass is 360 g/mol. The van der Waals surface area contributed by atoms with E-state index in [1.807, 2.05) is 12.1 Å². The van der Waals surface area contributed by atoms with Crippen molar-refractivity contribution >= 4 is 15.9 Å². The molecule has 1 aliphatic heterocycles. The molecule has 1 fully saturated rings. The van der Waals surface area contributed by atoms with E-state index in [1.54, 1.807) is 23.1 Å². The van der Waals surface area contributed by atoms with Crippen LogP contribution < -0.4 is 0 Å². The molecular weight excluding hydrogens is 340 g/mol. The van der Waals surface area contributed by atoms with Gasteiger partial charge in [-0.25, -0.2) is 8.42 Å². The number of aryl methyl sites for hydroxylation is 2. The first-order valence-corrected chi connectivity index (χ1v) is 9.94. The number of benzene rings is 1. The number of sulfonamides is 1. The summed E-state index contributed by atoms with van der Waals surface area (Å²) in [5.41, 5.74) is 2.40. The van der Waals surface area contributed by atoms with E-state index in [9.17, 15) is 13.2 Å². The van der Waals surface area contributed by atoms with E-state index in [1.165, 1.54) is 16.1 Å². The SMILES string of the molecule is O=C(c1ccco1)N1CCN(S(=O)(=O)c2ccc3c(c2)CCC3)CC1. The minimum Gasteiger partial charge on any atom is -0.459 e. The highest BCUT2D eigenvalue weighted by atomic mass is 32.2. The Kier molecular flexibility index (Phi) is 4.13. The summed E-state index contributed by atoms with van der Waals surface area (Å²) in [6.07, 6.45) is 4.53. The van der Waals surface area contributed by atoms with Crippen LogP contribution in [0.25, 0.3) is 0 Å². The molecular formula is C18H20N2O4S. The van der Waals surface area contributed by atoms with Crippen LogP contribution in [-0.2, 0) is 22.9 Å². The van der Waals surface area contributed by atoms with E-state index in [4.69, 9.17) is 4.42 Å². The molecule has 0 N–H and O–H groups in total. The highest BCUT2D eigenvalue weighted by Crippen LogP contribution is 2.26. The first-order valence-electron chi connectivity index (χ1n) is 8.50. The van der Waals surface area contributed by atoms with Crippen LogP contribution in [0.5, 0.6) is 0 Å². The third kappa shape index (κ3) is 2.98. The number of piperazine rings is 1. The zero-order valence-corrected chi connectivity index (χ0v) is 14.7. The minimum absolute atomic E-state index is 0.195. The molecule has 1 amide bonds. The highest BCUT2D eigenvalue weighted by molar-refractivity contribution is 7.89. The van der Waals surface area contributed by atoms with Crippen molar-refractivity contribution in [2.24, 2.45) is 0 Å². The maximum Gasteiger partial charge on any atom is 0.289 e. The Morgan fingerprint density at radius 2 is 1.76 bits per heavy atom. The number of furan rings is 1. The van der Waals surface area contributed by atoms with Gasteiger partial charge in [0.25, 0.3) is 5.91 Å². The molecule has 0 saturated carbocycles. The van der Waals surface area contributed by atoms with Crippen molar-refractivity contribution in [3.8, 4) is 0 Å². The Labute approximate surface area is 147 Å². The second kappa shape index (κ2) is 6.31. The summed E-state index contributed by atoms with van der Waals surface area (Å²) < 4.78 is 32.4. The van der Waals surface area contributed by atoms with Gasteiger partial charge in [0.15, 0.2) is 5.76 Å². The summed E-state index contributed by atoms with van der Waals surface area (Å²) in [4.78, 5) is 14.3. The fourth-order valence-electron chi connectivity index (χ4n) is 3.55. The van der Waals surface area contributed by atoms with Gasteiger partial charge in [0, 0.05) is 26.2 Å². The molecule has 1 aromatic heterocycles. The number of fused-ring (bicyclic) bond motifs is 1. The number of rotatable bonds is 3. The van der Waals surface area contributed by atoms with Crippen LogP contribution in [0.2, 0.25) is 0 Å². The Morgan fingerprint density at radius 1 is 1.00 bits per heavy atom. The van der Waals surface area contributed by atoms with Crippen molar-refractivity contribution in [3.63, 3.8) is 0 Å². The summed E-state index contributed by atoms with van der Waals surface area (Å²) in [7, 11) is -3.51. The molecule has 2 aromatic rings. The topological polar surface area (TPSA) is 70.8 Å². The maximum absolute atomic E-state index is 12.9. The number of hydrogen-bond donors (Lipinski definition) is 0. The first-order chi connectivity index (χ1) is 12.1. The number of hydrogen-bond acceptors (Lipinski definition) is 4. The van der Waals surface area contributed by atoms with Gasteiger partial charge < -0.3 is 9.32 Å². The van der Waals surface area contributed by atoms with Gasteiger partial charge in [0.2, 0.25) is 10.0 Å². The van der Waals surface area contributed by atoms with Gasteiger partial charge in [-0.2, -0.15) is 4.31 Å². The Hall–Kier alpha value is -2.12. The molecule has 0 unspecified atom stereocenters. The van der Waals surface area contributed by atoms with E-state index in [2.05, 4.69) is 0 Å². The lowest BCUT2D eigenvalue weighted by atomic mass is 10.1. The maximum atomic E-state index is 12.9. The molecule has 7 heteroatoms. The Morgan fingerprint density at radius 3 is 2.48 bits per heavy atom. The minimum atomic E-state index is -3.51. The number of amides is 1. The molecule has 2 heterocycles. The molecule has 25 heavy (non-hydrogen) atoms. The summed E-state index contributed by atoms with van der Waals surface area (Å²) in [5.74, 6) is 0.0921. The summed E-state index contributed by atoms with van der Waals surface area (Å²) in [5, 5.41) is 0. The number of nitrogens with zero attached hydrogens (tertiary/aromatic N) is 2. The third-order valence-electron chi connectivity index (χ3n) is 4.97. The quantitative estimate of drug-likeness (QED) is 0.838. The van der Waals surface area contributed by atoms with E-state index in [-0.39, 0.29) is 11.7 Å². The van der Waals surface area contributed by atoms with Gasteiger partial charge in [-0.3, -0.25) is 4.79 Å². The molecule has 1 saturated heterocycles. The lowest BCUT2D eigenvalue weighted by Gasteiger charge is -2.33. The standard InChI is InChI=1S/C18H20N2O4S/c21-18(17-5-2-12-24-17)19-8-10-20(11-9-19)25(22,23)16-7-6-14-3-1-4-15(14)13-16/h2,5-7,12-13H,1,3-4,8-11H2. The second-order valence-electron chi connectivity index (χ2n) is 6.46. The van der Waals surface area contributed by atoms with E-state index in [0.717, 1.165) is 24.8 Å². The molecule has 0 bridgehead atoms. The molecule has 2 aliphatic rings. The van der Waals surface area contributed by atoms with Crippen molar-refractivity contribution < 1.29 is 17.6 Å². The first kappa shape index (κ1) is 16.4. The largest absolute Gasteiger partial charge is 0.459 e. The zero-order valence-electron chi connectivity index (χ0n) is 13.8. The molecule has 1 aromatic carbocycles. The van der Waals surface area contributed by atoms with Crippen LogP contribution in [0, 0.1) is 0 Å². The average molecular weight is 360 g/mol. The van der Waals surface area contributed by atoms with Gasteiger partial charge in [0.1, 0.15) is 0 Å². The van der Waals surface area contributed by atoms with Crippen LogP contribution in [0.1, 0.15) is 28.1 Å². The van der Waals surface area contributed by atoms with Gasteiger partial charge in [-0.05, 0) is 54.7 Å². The molecule has 4 rings (SSSR count). The lowest BCUT2D eigenvalue weighted by Crippen LogP contribution is -2.50. The summed E-state index contributed by atoms with van der Waals surface area (Å²) in [6, 6.07) is 8.75. The van der Waals surface area contributed by atoms with E-state index in [0.29, 0.717) is 31.1 Å². The van der Waals surface area contributed by atoms with Crippen molar-refractivity contribution in [3.05, 3.63) is 53.5 Å². The second-order valence-corrected chi connectivity index (χ2v) is 8.40. The summed E-state index contributed by atoms with van der Waals surface area (Å²) >= 11 is 0. The fourth-order valence-corrected chi connectivity index (χ4v) is 5.02. The van der Waals surface area contributed by atoms with Gasteiger partial charge in [0.05, 0.1) is 11.2 Å². The number of carbonyl (C=O) groups is 1. The van der Waals surface area contributed by atoms with Gasteiger partial charge in [-0.15, -0.1) is 0 Å². The molecule has 132 valence electrons. The molecule has 0 atom stereocenters. The third-order valence-corrected chi connectivity index (χ3v) is 6.86. The average Bonchev–Trinajstić information content (AvgIpc) is 3.32. The predicted octanol–water partition coefficient (Wildman–Crippen LogP) is 1.92. The van der Waals surface area contributed by atoms with E-state index >= 15 is 0 Å². The van der Waals surface area contributed by atoms with Crippen LogP contribution >= 0.6 is 0 Å². The van der Waals surface area contributed by atoms with Crippen LogP contribution in [-0.4, -0.2) is 49.7 Å². The van der Waals surface area contributed by atoms with Crippen LogP contribution in [0.3, 0.4) is 0 Å². The Balaban J connectivity index is 1.47. The van der Waals surface area contributed by atoms with Gasteiger partial charge in [-0.1, -0.05) is 6.07 Å². The molecule has 0 radical (unpaired) electrons. The van der Waals surface area contributed by atoms with Gasteiger partial charge >= 0.3 is 0 Å². The van der Waals surface area contributed by atoms with Crippen molar-refractivity contribution in [1.29, 1.82) is 0 Å². The fraction of sp³-hybridized carbons (Fsp3) is 0.389. The molecule has 0 spiro atoms. The van der Waals surface area contributed by atoms with Crippen molar-refractivity contribution in [1.82, 2.24) is 9.21 Å². The number of carbonyl (C=O) groups excluding carboxylic acids is 1. The van der Waals surface area contributed by atoms with Crippen molar-refractivity contribution in [2.45, 2.75) is 24.2 Å². The highest BCUT2D eigenvalue weighted by Gasteiger charge is 2.31. The molecule has 1 aliphatic carbocycles. The predicted molar refractivity (Wildman–Crippen MR) is 91.8 cm³/mol. The lowest BCUT2D eigenvalue weighted by molar-refractivity contribution is 0.0666. The van der Waals surface area contributed by atoms with E-state index < -0.39 is 10.0 Å². The smallest absolute Gasteiger partial charge is 0.289 e. The zero-order chi connectivity index (χ0) is 17.4. The normalized spacial score (nSPS) is 18.3.